The molecule has 2 heterocycles. The lowest BCUT2D eigenvalue weighted by molar-refractivity contribution is -0.126. The maximum Gasteiger partial charge on any atom is 0.240 e. The molecule has 2 unspecified atom stereocenters. The molecule has 1 amide bonds. The molecule has 2 N–H and O–H groups in total. The number of amides is 1. The van der Waals surface area contributed by atoms with Crippen molar-refractivity contribution in [2.24, 2.45) is 5.92 Å². The topological polar surface area (TPSA) is 62.8 Å². The lowest BCUT2D eigenvalue weighted by Crippen LogP contribution is -2.51. The van der Waals surface area contributed by atoms with E-state index in [9.17, 15) is 4.79 Å². The van der Waals surface area contributed by atoms with Crippen LogP contribution < -0.4 is 15.4 Å². The molecule has 0 spiro atoms. The second-order valence-electron chi connectivity index (χ2n) is 10.2. The Labute approximate surface area is 203 Å². The molecule has 3 aliphatic rings. The fraction of sp³-hybridized carbons (Fsp3) is 0.536. The van der Waals surface area contributed by atoms with E-state index >= 15 is 0 Å². The zero-order chi connectivity index (χ0) is 23.5. The molecule has 6 nitrogen and oxygen atoms in total. The minimum Gasteiger partial charge on any atom is -0.493 e. The van der Waals surface area contributed by atoms with Crippen molar-refractivity contribution in [1.82, 2.24) is 15.5 Å². The van der Waals surface area contributed by atoms with E-state index in [1.807, 2.05) is 6.92 Å². The number of hydrogen-bond donors (Lipinski definition) is 2. The highest BCUT2D eigenvalue weighted by atomic mass is 16.5. The van der Waals surface area contributed by atoms with Crippen LogP contribution in [-0.4, -0.2) is 49.8 Å². The van der Waals surface area contributed by atoms with Crippen molar-refractivity contribution in [1.29, 1.82) is 0 Å². The number of benzene rings is 2. The predicted octanol–water partition coefficient (Wildman–Crippen LogP) is 3.76. The van der Waals surface area contributed by atoms with Crippen LogP contribution >= 0.6 is 0 Å². The highest BCUT2D eigenvalue weighted by molar-refractivity contribution is 5.82. The van der Waals surface area contributed by atoms with Gasteiger partial charge in [-0.15, -0.1) is 0 Å². The van der Waals surface area contributed by atoms with Gasteiger partial charge in [0.2, 0.25) is 5.91 Å². The Hall–Kier alpha value is -2.41. The number of fused-ring (bicyclic) bond motifs is 1. The second kappa shape index (κ2) is 10.5. The van der Waals surface area contributed by atoms with E-state index in [2.05, 4.69) is 64.9 Å². The summed E-state index contributed by atoms with van der Waals surface area (Å²) in [6, 6.07) is 15.0. The molecule has 5 rings (SSSR count). The molecule has 6 heteroatoms. The van der Waals surface area contributed by atoms with E-state index < -0.39 is 0 Å². The van der Waals surface area contributed by atoms with Crippen LogP contribution in [0.5, 0.6) is 5.75 Å². The van der Waals surface area contributed by atoms with Gasteiger partial charge in [0.25, 0.3) is 0 Å². The zero-order valence-corrected chi connectivity index (χ0v) is 20.4. The number of carbonyl (C=O) groups excluding carboxylic acids is 1. The molecule has 2 aromatic carbocycles. The number of nitrogens with one attached hydrogen (secondary N) is 2. The first-order valence-corrected chi connectivity index (χ1v) is 12.7. The van der Waals surface area contributed by atoms with E-state index in [0.29, 0.717) is 19.1 Å². The van der Waals surface area contributed by atoms with Gasteiger partial charge < -0.3 is 20.1 Å². The fourth-order valence-corrected chi connectivity index (χ4v) is 4.98. The average molecular weight is 464 g/mol. The van der Waals surface area contributed by atoms with Gasteiger partial charge in [0.1, 0.15) is 11.8 Å². The maximum atomic E-state index is 12.5. The minimum absolute atomic E-state index is 0.00153. The molecule has 1 saturated carbocycles. The summed E-state index contributed by atoms with van der Waals surface area (Å²) >= 11 is 0. The van der Waals surface area contributed by atoms with Crippen LogP contribution in [0.15, 0.2) is 42.5 Å². The third-order valence-electron chi connectivity index (χ3n) is 7.24. The smallest absolute Gasteiger partial charge is 0.240 e. The summed E-state index contributed by atoms with van der Waals surface area (Å²) in [6.45, 7) is 9.96. The van der Waals surface area contributed by atoms with Crippen molar-refractivity contribution in [3.8, 4) is 5.75 Å². The Balaban J connectivity index is 1.15. The van der Waals surface area contributed by atoms with Crippen molar-refractivity contribution in [3.63, 3.8) is 0 Å². The number of hydrogen-bond acceptors (Lipinski definition) is 5. The molecule has 2 aliphatic heterocycles. The third kappa shape index (κ3) is 5.80. The van der Waals surface area contributed by atoms with Gasteiger partial charge >= 0.3 is 0 Å². The number of ether oxygens (including phenoxy) is 2. The van der Waals surface area contributed by atoms with Gasteiger partial charge in [-0.3, -0.25) is 9.69 Å². The van der Waals surface area contributed by atoms with E-state index in [-0.39, 0.29) is 18.0 Å². The molecule has 2 aromatic rings. The van der Waals surface area contributed by atoms with Gasteiger partial charge in [0, 0.05) is 26.2 Å². The van der Waals surface area contributed by atoms with Crippen LogP contribution in [0.1, 0.15) is 60.9 Å². The molecular formula is C28H37N3O3. The molecule has 0 bridgehead atoms. The zero-order valence-electron chi connectivity index (χ0n) is 20.4. The number of morpholine rings is 1. The van der Waals surface area contributed by atoms with Crippen LogP contribution in [0.2, 0.25) is 0 Å². The average Bonchev–Trinajstić information content (AvgIpc) is 3.68. The Morgan fingerprint density at radius 1 is 1.24 bits per heavy atom. The van der Waals surface area contributed by atoms with Crippen molar-refractivity contribution in [2.75, 3.05) is 32.9 Å². The summed E-state index contributed by atoms with van der Waals surface area (Å²) in [7, 11) is 0. The molecule has 182 valence electrons. The fourth-order valence-electron chi connectivity index (χ4n) is 4.98. The van der Waals surface area contributed by atoms with E-state index in [0.717, 1.165) is 50.0 Å². The standard InChI is InChI=1S/C28H37N3O3/c1-19-14-31(16-24-9-10-25(13-26(19)24)34-17-22-3-4-22)15-21-5-7-23(8-6-21)20(2)30-28(32)27-18-33-12-11-29-27/h5-10,13,19-20,22,27,29H,3-4,11-12,14-18H2,1-2H3,(H,30,32)/t19?,20-,27?/m0/s1. The van der Waals surface area contributed by atoms with Crippen molar-refractivity contribution < 1.29 is 14.3 Å². The van der Waals surface area contributed by atoms with E-state index in [1.165, 1.54) is 29.5 Å². The van der Waals surface area contributed by atoms with Gasteiger partial charge in [-0.25, -0.2) is 0 Å². The summed E-state index contributed by atoms with van der Waals surface area (Å²) in [5, 5.41) is 6.31. The number of carbonyl (C=O) groups is 1. The first-order chi connectivity index (χ1) is 16.5. The summed E-state index contributed by atoms with van der Waals surface area (Å²) in [5.41, 5.74) is 5.25. The summed E-state index contributed by atoms with van der Waals surface area (Å²) < 4.78 is 11.4. The first-order valence-electron chi connectivity index (χ1n) is 12.7. The Morgan fingerprint density at radius 2 is 2.06 bits per heavy atom. The Bertz CT molecular complexity index is 983. The summed E-state index contributed by atoms with van der Waals surface area (Å²) in [6.07, 6.45) is 2.64. The van der Waals surface area contributed by atoms with Gasteiger partial charge in [-0.2, -0.15) is 0 Å². The minimum atomic E-state index is -0.264. The number of rotatable bonds is 8. The van der Waals surface area contributed by atoms with Gasteiger partial charge in [-0.1, -0.05) is 37.3 Å². The highest BCUT2D eigenvalue weighted by Crippen LogP contribution is 2.34. The van der Waals surface area contributed by atoms with Gasteiger partial charge in [0.15, 0.2) is 0 Å². The van der Waals surface area contributed by atoms with Crippen molar-refractivity contribution in [2.45, 2.75) is 57.8 Å². The maximum absolute atomic E-state index is 12.5. The monoisotopic (exact) mass is 463 g/mol. The molecule has 0 aromatic heterocycles. The van der Waals surface area contributed by atoms with Crippen LogP contribution in [0.3, 0.4) is 0 Å². The molecule has 1 aliphatic carbocycles. The van der Waals surface area contributed by atoms with E-state index in [1.54, 1.807) is 0 Å². The molecule has 3 atom stereocenters. The predicted molar refractivity (Wildman–Crippen MR) is 133 cm³/mol. The molecule has 2 fully saturated rings. The lowest BCUT2D eigenvalue weighted by Gasteiger charge is -2.33. The largest absolute Gasteiger partial charge is 0.493 e. The van der Waals surface area contributed by atoms with Crippen molar-refractivity contribution >= 4 is 5.91 Å². The highest BCUT2D eigenvalue weighted by Gasteiger charge is 2.25. The Morgan fingerprint density at radius 3 is 2.79 bits per heavy atom. The summed E-state index contributed by atoms with van der Waals surface area (Å²) in [4.78, 5) is 15.0. The molecule has 0 radical (unpaired) electrons. The first kappa shape index (κ1) is 23.3. The third-order valence-corrected chi connectivity index (χ3v) is 7.24. The molecule has 1 saturated heterocycles. The number of nitrogens with zero attached hydrogens (tertiary/aromatic N) is 1. The van der Waals surface area contributed by atoms with E-state index in [4.69, 9.17) is 9.47 Å². The van der Waals surface area contributed by atoms with Crippen LogP contribution in [-0.2, 0) is 22.6 Å². The van der Waals surface area contributed by atoms with Gasteiger partial charge in [-0.05, 0) is 66.0 Å². The SMILES string of the molecule is CC1CN(Cc2ccc([C@H](C)NC(=O)C3COCCN3)cc2)Cc2ccc(OCC3CC3)cc21. The summed E-state index contributed by atoms with van der Waals surface area (Å²) in [5.74, 6) is 2.28. The molecule has 34 heavy (non-hydrogen) atoms. The second-order valence-corrected chi connectivity index (χ2v) is 10.2. The van der Waals surface area contributed by atoms with Crippen LogP contribution in [0.25, 0.3) is 0 Å². The quantitative estimate of drug-likeness (QED) is 0.624. The van der Waals surface area contributed by atoms with Crippen LogP contribution in [0, 0.1) is 5.92 Å². The van der Waals surface area contributed by atoms with Crippen molar-refractivity contribution in [3.05, 3.63) is 64.7 Å². The van der Waals surface area contributed by atoms with Crippen LogP contribution in [0.4, 0.5) is 0 Å². The Kier molecular flexibility index (Phi) is 7.18. The normalized spacial score (nSPS) is 23.7. The molecular weight excluding hydrogens is 426 g/mol. The lowest BCUT2D eigenvalue weighted by atomic mass is 9.90. The van der Waals surface area contributed by atoms with Gasteiger partial charge in [0.05, 0.1) is 25.9 Å².